The van der Waals surface area contributed by atoms with E-state index in [9.17, 15) is 4.79 Å². The molecular weight excluding hydrogens is 274 g/mol. The maximum atomic E-state index is 11.7. The molecule has 0 heterocycles. The molecule has 1 atom stereocenters. The number of amides is 1. The molecule has 110 valence electrons. The quantitative estimate of drug-likeness (QED) is 0.727. The standard InChI is InChI=1S/C14H21N3O2S/c1-10(8-17(2)3)16-13(18)9-19-12-6-4-11(5-7-12)14(15)20/h4-7,10H,8-9H2,1-3H3,(H2,15,20)(H,16,18). The molecule has 0 aliphatic carbocycles. The van der Waals surface area contributed by atoms with Gasteiger partial charge >= 0.3 is 0 Å². The van der Waals surface area contributed by atoms with Crippen molar-refractivity contribution in [3.63, 3.8) is 0 Å². The van der Waals surface area contributed by atoms with Crippen LogP contribution in [0.5, 0.6) is 5.75 Å². The molecule has 20 heavy (non-hydrogen) atoms. The maximum Gasteiger partial charge on any atom is 0.258 e. The highest BCUT2D eigenvalue weighted by atomic mass is 32.1. The van der Waals surface area contributed by atoms with E-state index in [2.05, 4.69) is 5.32 Å². The number of rotatable bonds is 7. The van der Waals surface area contributed by atoms with E-state index in [4.69, 9.17) is 22.7 Å². The van der Waals surface area contributed by atoms with Gasteiger partial charge in [0.05, 0.1) is 0 Å². The third-order valence-electron chi connectivity index (χ3n) is 2.56. The van der Waals surface area contributed by atoms with E-state index in [1.807, 2.05) is 25.9 Å². The Morgan fingerprint density at radius 1 is 1.40 bits per heavy atom. The second-order valence-corrected chi connectivity index (χ2v) is 5.35. The largest absolute Gasteiger partial charge is 0.484 e. The van der Waals surface area contributed by atoms with Gasteiger partial charge in [-0.3, -0.25) is 4.79 Å². The number of thiocarbonyl (C=S) groups is 1. The van der Waals surface area contributed by atoms with Gasteiger partial charge in [-0.2, -0.15) is 0 Å². The minimum atomic E-state index is -0.141. The van der Waals surface area contributed by atoms with Crippen molar-refractivity contribution < 1.29 is 9.53 Å². The minimum absolute atomic E-state index is 0.00974. The van der Waals surface area contributed by atoms with Gasteiger partial charge in [0.15, 0.2) is 6.61 Å². The Kier molecular flexibility index (Phi) is 6.41. The smallest absolute Gasteiger partial charge is 0.258 e. The Morgan fingerprint density at radius 2 is 2.00 bits per heavy atom. The Hall–Kier alpha value is -1.66. The number of carbonyl (C=O) groups is 1. The average molecular weight is 295 g/mol. The van der Waals surface area contributed by atoms with Crippen LogP contribution in [0, 0.1) is 0 Å². The minimum Gasteiger partial charge on any atom is -0.484 e. The lowest BCUT2D eigenvalue weighted by Gasteiger charge is -2.18. The van der Waals surface area contributed by atoms with Gasteiger partial charge in [0.2, 0.25) is 0 Å². The molecule has 0 saturated carbocycles. The van der Waals surface area contributed by atoms with Crippen LogP contribution in [0.1, 0.15) is 12.5 Å². The first-order chi connectivity index (χ1) is 9.38. The van der Waals surface area contributed by atoms with E-state index in [-0.39, 0.29) is 18.6 Å². The average Bonchev–Trinajstić information content (AvgIpc) is 2.35. The highest BCUT2D eigenvalue weighted by Gasteiger charge is 2.08. The van der Waals surface area contributed by atoms with Crippen LogP contribution in [0.3, 0.4) is 0 Å². The Labute approximate surface area is 125 Å². The number of carbonyl (C=O) groups excluding carboxylic acids is 1. The Balaban J connectivity index is 2.39. The van der Waals surface area contributed by atoms with E-state index in [0.29, 0.717) is 10.7 Å². The first-order valence-corrected chi connectivity index (χ1v) is 6.76. The first-order valence-electron chi connectivity index (χ1n) is 6.35. The molecule has 3 N–H and O–H groups in total. The van der Waals surface area contributed by atoms with Gasteiger partial charge in [0.1, 0.15) is 10.7 Å². The summed E-state index contributed by atoms with van der Waals surface area (Å²) in [6.07, 6.45) is 0. The molecule has 1 amide bonds. The van der Waals surface area contributed by atoms with Gasteiger partial charge in [-0.1, -0.05) is 12.2 Å². The lowest BCUT2D eigenvalue weighted by Crippen LogP contribution is -2.41. The fraction of sp³-hybridized carbons (Fsp3) is 0.429. The molecule has 1 aromatic rings. The molecule has 0 aromatic heterocycles. The van der Waals surface area contributed by atoms with E-state index in [0.717, 1.165) is 12.1 Å². The van der Waals surface area contributed by atoms with Crippen molar-refractivity contribution in [2.24, 2.45) is 5.73 Å². The molecular formula is C14H21N3O2S. The zero-order valence-electron chi connectivity index (χ0n) is 12.1. The summed E-state index contributed by atoms with van der Waals surface area (Å²) < 4.78 is 5.40. The van der Waals surface area contributed by atoms with Crippen molar-refractivity contribution in [2.75, 3.05) is 27.2 Å². The Morgan fingerprint density at radius 3 is 2.50 bits per heavy atom. The van der Waals surface area contributed by atoms with Crippen LogP contribution in [-0.4, -0.2) is 49.1 Å². The van der Waals surface area contributed by atoms with E-state index < -0.39 is 0 Å². The molecule has 1 unspecified atom stereocenters. The summed E-state index contributed by atoms with van der Waals surface area (Å²) in [5.41, 5.74) is 6.28. The van der Waals surface area contributed by atoms with E-state index in [1.54, 1.807) is 24.3 Å². The molecule has 0 radical (unpaired) electrons. The number of nitrogens with zero attached hydrogens (tertiary/aromatic N) is 1. The van der Waals surface area contributed by atoms with Crippen molar-refractivity contribution >= 4 is 23.1 Å². The number of nitrogens with one attached hydrogen (secondary N) is 1. The van der Waals surface area contributed by atoms with E-state index >= 15 is 0 Å². The van der Waals surface area contributed by atoms with Crippen molar-refractivity contribution in [3.8, 4) is 5.75 Å². The number of ether oxygens (including phenoxy) is 1. The number of hydrogen-bond acceptors (Lipinski definition) is 4. The Bertz CT molecular complexity index is 460. The van der Waals surface area contributed by atoms with Gasteiger partial charge in [0, 0.05) is 18.2 Å². The molecule has 0 aliphatic rings. The zero-order chi connectivity index (χ0) is 15.1. The number of likely N-dealkylation sites (N-methyl/N-ethyl adjacent to an activating group) is 1. The van der Waals surface area contributed by atoms with Crippen LogP contribution in [0.15, 0.2) is 24.3 Å². The topological polar surface area (TPSA) is 67.6 Å². The van der Waals surface area contributed by atoms with Crippen LogP contribution >= 0.6 is 12.2 Å². The number of nitrogens with two attached hydrogens (primary N) is 1. The summed E-state index contributed by atoms with van der Waals surface area (Å²) in [5, 5.41) is 2.86. The second kappa shape index (κ2) is 7.81. The van der Waals surface area contributed by atoms with Crippen LogP contribution in [0.4, 0.5) is 0 Å². The number of hydrogen-bond donors (Lipinski definition) is 2. The van der Waals surface area contributed by atoms with Gasteiger partial charge in [0.25, 0.3) is 5.91 Å². The van der Waals surface area contributed by atoms with Crippen LogP contribution < -0.4 is 15.8 Å². The van der Waals surface area contributed by atoms with Gasteiger partial charge in [-0.05, 0) is 45.3 Å². The summed E-state index contributed by atoms with van der Waals surface area (Å²) in [6, 6.07) is 7.10. The van der Waals surface area contributed by atoms with Crippen LogP contribution in [0.25, 0.3) is 0 Å². The lowest BCUT2D eigenvalue weighted by molar-refractivity contribution is -0.123. The summed E-state index contributed by atoms with van der Waals surface area (Å²) in [7, 11) is 3.92. The molecule has 0 bridgehead atoms. The molecule has 5 nitrogen and oxygen atoms in total. The van der Waals surface area contributed by atoms with Gasteiger partial charge < -0.3 is 20.7 Å². The fourth-order valence-corrected chi connectivity index (χ4v) is 1.91. The molecule has 6 heteroatoms. The summed E-state index contributed by atoms with van der Waals surface area (Å²) in [5.74, 6) is 0.471. The van der Waals surface area contributed by atoms with Crippen molar-refractivity contribution in [1.29, 1.82) is 0 Å². The normalized spacial score (nSPS) is 12.0. The molecule has 0 saturated heterocycles. The first kappa shape index (κ1) is 16.4. The third-order valence-corrected chi connectivity index (χ3v) is 2.79. The monoisotopic (exact) mass is 295 g/mol. The van der Waals surface area contributed by atoms with Crippen LogP contribution in [-0.2, 0) is 4.79 Å². The summed E-state index contributed by atoms with van der Waals surface area (Å²) in [4.78, 5) is 14.0. The maximum absolute atomic E-state index is 11.7. The van der Waals surface area contributed by atoms with Crippen molar-refractivity contribution in [3.05, 3.63) is 29.8 Å². The molecule has 0 fully saturated rings. The SMILES string of the molecule is CC(CN(C)C)NC(=O)COc1ccc(C(N)=S)cc1. The van der Waals surface area contributed by atoms with Crippen molar-refractivity contribution in [1.82, 2.24) is 10.2 Å². The second-order valence-electron chi connectivity index (χ2n) is 4.91. The highest BCUT2D eigenvalue weighted by Crippen LogP contribution is 2.11. The summed E-state index contributed by atoms with van der Waals surface area (Å²) >= 11 is 4.86. The van der Waals surface area contributed by atoms with Crippen molar-refractivity contribution in [2.45, 2.75) is 13.0 Å². The van der Waals surface area contributed by atoms with Gasteiger partial charge in [-0.25, -0.2) is 0 Å². The predicted molar refractivity (Wildman–Crippen MR) is 84.0 cm³/mol. The highest BCUT2D eigenvalue weighted by molar-refractivity contribution is 7.80. The predicted octanol–water partition coefficient (Wildman–Crippen LogP) is 0.766. The molecule has 0 aliphatic heterocycles. The molecule has 1 rings (SSSR count). The third kappa shape index (κ3) is 5.99. The zero-order valence-corrected chi connectivity index (χ0v) is 12.9. The van der Waals surface area contributed by atoms with Gasteiger partial charge in [-0.15, -0.1) is 0 Å². The summed E-state index contributed by atoms with van der Waals surface area (Å²) in [6.45, 7) is 2.73. The van der Waals surface area contributed by atoms with E-state index in [1.165, 1.54) is 0 Å². The molecule has 1 aromatic carbocycles. The lowest BCUT2D eigenvalue weighted by atomic mass is 10.2. The molecule has 0 spiro atoms. The number of benzene rings is 1. The van der Waals surface area contributed by atoms with Crippen LogP contribution in [0.2, 0.25) is 0 Å². The fourth-order valence-electron chi connectivity index (χ4n) is 1.77.